The van der Waals surface area contributed by atoms with Crippen molar-refractivity contribution in [2.75, 3.05) is 0 Å². The summed E-state index contributed by atoms with van der Waals surface area (Å²) in [6.07, 6.45) is 3.12. The van der Waals surface area contributed by atoms with Crippen molar-refractivity contribution in [2.24, 2.45) is 5.92 Å². The summed E-state index contributed by atoms with van der Waals surface area (Å²) in [6.45, 7) is 8.50. The number of fused-ring (bicyclic) bond motifs is 1. The van der Waals surface area contributed by atoms with Crippen LogP contribution in [-0.4, -0.2) is 10.2 Å². The number of aromatic nitrogens is 2. The number of allylic oxidation sites excluding steroid dienone is 1. The first kappa shape index (κ1) is 18.5. The maximum atomic E-state index is 6.21. The fourth-order valence-electron chi connectivity index (χ4n) is 3.10. The van der Waals surface area contributed by atoms with E-state index in [-0.39, 0.29) is 6.04 Å². The molecule has 1 heterocycles. The van der Waals surface area contributed by atoms with Gasteiger partial charge in [0.15, 0.2) is 0 Å². The maximum Gasteiger partial charge on any atom is 0.0925 e. The average Bonchev–Trinajstić information content (AvgIpc) is 3.04. The molecule has 136 valence electrons. The highest BCUT2D eigenvalue weighted by Crippen LogP contribution is 2.29. The van der Waals surface area contributed by atoms with Crippen molar-refractivity contribution < 1.29 is 0 Å². The summed E-state index contributed by atoms with van der Waals surface area (Å²) in [7, 11) is 0. The lowest BCUT2D eigenvalue weighted by Gasteiger charge is -2.22. The van der Waals surface area contributed by atoms with Crippen LogP contribution >= 0.6 is 11.6 Å². The summed E-state index contributed by atoms with van der Waals surface area (Å²) < 4.78 is 0. The molecule has 3 rings (SSSR count). The Bertz CT molecular complexity index is 867. The van der Waals surface area contributed by atoms with E-state index in [1.807, 2.05) is 18.2 Å². The first-order valence-corrected chi connectivity index (χ1v) is 9.55. The van der Waals surface area contributed by atoms with Crippen LogP contribution in [-0.2, 0) is 6.42 Å². The molecule has 0 spiro atoms. The van der Waals surface area contributed by atoms with Gasteiger partial charge in [-0.05, 0) is 48.9 Å². The predicted molar refractivity (Wildman–Crippen MR) is 110 cm³/mol. The van der Waals surface area contributed by atoms with Crippen LogP contribution < -0.4 is 5.32 Å². The topological polar surface area (TPSA) is 40.7 Å². The molecule has 0 saturated heterocycles. The van der Waals surface area contributed by atoms with Gasteiger partial charge in [0.1, 0.15) is 0 Å². The van der Waals surface area contributed by atoms with E-state index in [0.717, 1.165) is 46.6 Å². The molecule has 1 unspecified atom stereocenters. The molecule has 0 aliphatic carbocycles. The van der Waals surface area contributed by atoms with Crippen molar-refractivity contribution in [3.63, 3.8) is 0 Å². The van der Waals surface area contributed by atoms with Gasteiger partial charge in [0.05, 0.1) is 17.3 Å². The van der Waals surface area contributed by atoms with Crippen molar-refractivity contribution in [3.8, 4) is 0 Å². The Balaban J connectivity index is 1.80. The number of hydrogen-bond donors (Lipinski definition) is 2. The van der Waals surface area contributed by atoms with E-state index in [4.69, 9.17) is 11.6 Å². The van der Waals surface area contributed by atoms with Crippen LogP contribution in [0.25, 0.3) is 10.9 Å². The summed E-state index contributed by atoms with van der Waals surface area (Å²) in [5.41, 5.74) is 4.43. The third-order valence-corrected chi connectivity index (χ3v) is 4.99. The molecular formula is C22H26ClN3. The van der Waals surface area contributed by atoms with Crippen LogP contribution in [0.2, 0.25) is 5.02 Å². The molecule has 0 saturated carbocycles. The fraction of sp³-hybridized carbons (Fsp3) is 0.318. The third-order valence-electron chi connectivity index (χ3n) is 4.75. The molecule has 4 heteroatoms. The number of halogens is 1. The summed E-state index contributed by atoms with van der Waals surface area (Å²) >= 11 is 6.21. The van der Waals surface area contributed by atoms with Gasteiger partial charge in [0.2, 0.25) is 0 Å². The van der Waals surface area contributed by atoms with Gasteiger partial charge >= 0.3 is 0 Å². The van der Waals surface area contributed by atoms with Gasteiger partial charge in [-0.3, -0.25) is 5.10 Å². The molecule has 0 bridgehead atoms. The number of hydrogen-bond acceptors (Lipinski definition) is 2. The monoisotopic (exact) mass is 367 g/mol. The van der Waals surface area contributed by atoms with E-state index in [1.54, 1.807) is 0 Å². The Hall–Kier alpha value is -2.26. The predicted octanol–water partition coefficient (Wildman–Crippen LogP) is 6.04. The standard InChI is InChI=1S/C22H26ClN3/c1-15(2)16(3)24-21(11-7-10-17-8-5-4-6-9-17)22-19-14-18(23)12-13-20(19)25-26-22/h4-6,8-9,12-15,21,24H,3,7,10-11H2,1-2H3,(H,25,26). The molecule has 2 N–H and O–H groups in total. The number of rotatable bonds is 8. The largest absolute Gasteiger partial charge is 0.380 e. The molecule has 0 amide bonds. The molecule has 2 aromatic carbocycles. The van der Waals surface area contributed by atoms with Crippen LogP contribution in [0.4, 0.5) is 0 Å². The smallest absolute Gasteiger partial charge is 0.0925 e. The van der Waals surface area contributed by atoms with Crippen LogP contribution in [0.15, 0.2) is 60.8 Å². The number of nitrogens with zero attached hydrogens (tertiary/aromatic N) is 1. The highest BCUT2D eigenvalue weighted by atomic mass is 35.5. The summed E-state index contributed by atoms with van der Waals surface area (Å²) in [4.78, 5) is 0. The zero-order valence-electron chi connectivity index (χ0n) is 15.4. The van der Waals surface area contributed by atoms with Crippen molar-refractivity contribution in [3.05, 3.63) is 77.1 Å². The average molecular weight is 368 g/mol. The van der Waals surface area contributed by atoms with Crippen LogP contribution in [0.3, 0.4) is 0 Å². The van der Waals surface area contributed by atoms with Crippen molar-refractivity contribution >= 4 is 22.5 Å². The first-order chi connectivity index (χ1) is 12.5. The minimum Gasteiger partial charge on any atom is -0.380 e. The second-order valence-corrected chi connectivity index (χ2v) is 7.49. The van der Waals surface area contributed by atoms with Crippen LogP contribution in [0.1, 0.15) is 44.0 Å². The van der Waals surface area contributed by atoms with Crippen LogP contribution in [0.5, 0.6) is 0 Å². The minimum absolute atomic E-state index is 0.136. The Morgan fingerprint density at radius 1 is 1.19 bits per heavy atom. The second-order valence-electron chi connectivity index (χ2n) is 7.05. The van der Waals surface area contributed by atoms with Gasteiger partial charge in [-0.2, -0.15) is 5.10 Å². The number of aromatic amines is 1. The number of aryl methyl sites for hydroxylation is 1. The maximum absolute atomic E-state index is 6.21. The molecule has 0 radical (unpaired) electrons. The normalized spacial score (nSPS) is 12.5. The van der Waals surface area contributed by atoms with Crippen molar-refractivity contribution in [2.45, 2.75) is 39.2 Å². The second kappa shape index (κ2) is 8.41. The molecule has 1 atom stereocenters. The van der Waals surface area contributed by atoms with Gasteiger partial charge in [0.25, 0.3) is 0 Å². The summed E-state index contributed by atoms with van der Waals surface area (Å²) in [5.74, 6) is 0.379. The van der Waals surface area contributed by atoms with E-state index in [9.17, 15) is 0 Å². The van der Waals surface area contributed by atoms with E-state index in [0.29, 0.717) is 5.92 Å². The zero-order valence-corrected chi connectivity index (χ0v) is 16.2. The first-order valence-electron chi connectivity index (χ1n) is 9.17. The number of H-pyrrole nitrogens is 1. The molecule has 3 nitrogen and oxygen atoms in total. The molecule has 26 heavy (non-hydrogen) atoms. The van der Waals surface area contributed by atoms with E-state index < -0.39 is 0 Å². The molecule has 3 aromatic rings. The Labute approximate surface area is 160 Å². The number of benzene rings is 2. The quantitative estimate of drug-likeness (QED) is 0.509. The lowest BCUT2D eigenvalue weighted by Crippen LogP contribution is -2.23. The van der Waals surface area contributed by atoms with E-state index >= 15 is 0 Å². The molecule has 1 aromatic heterocycles. The lowest BCUT2D eigenvalue weighted by atomic mass is 9.99. The van der Waals surface area contributed by atoms with Gasteiger partial charge in [-0.1, -0.05) is 62.4 Å². The van der Waals surface area contributed by atoms with E-state index in [2.05, 4.69) is 66.3 Å². The van der Waals surface area contributed by atoms with E-state index in [1.165, 1.54) is 5.56 Å². The Morgan fingerprint density at radius 2 is 1.96 bits per heavy atom. The van der Waals surface area contributed by atoms with Crippen LogP contribution in [0, 0.1) is 5.92 Å². The lowest BCUT2D eigenvalue weighted by molar-refractivity contribution is 0.492. The van der Waals surface area contributed by atoms with Crippen molar-refractivity contribution in [1.82, 2.24) is 15.5 Å². The zero-order chi connectivity index (χ0) is 18.5. The third kappa shape index (κ3) is 4.47. The van der Waals surface area contributed by atoms with Gasteiger partial charge in [0, 0.05) is 16.1 Å². The van der Waals surface area contributed by atoms with Gasteiger partial charge < -0.3 is 5.32 Å². The highest BCUT2D eigenvalue weighted by Gasteiger charge is 2.18. The molecule has 0 fully saturated rings. The molecular weight excluding hydrogens is 342 g/mol. The number of nitrogens with one attached hydrogen (secondary N) is 2. The summed E-state index contributed by atoms with van der Waals surface area (Å²) in [5, 5.41) is 13.1. The Kier molecular flexibility index (Phi) is 6.00. The van der Waals surface area contributed by atoms with Crippen molar-refractivity contribution in [1.29, 1.82) is 0 Å². The summed E-state index contributed by atoms with van der Waals surface area (Å²) in [6, 6.07) is 16.6. The van der Waals surface area contributed by atoms with Gasteiger partial charge in [-0.15, -0.1) is 0 Å². The fourth-order valence-corrected chi connectivity index (χ4v) is 3.27. The minimum atomic E-state index is 0.136. The van der Waals surface area contributed by atoms with Gasteiger partial charge in [-0.25, -0.2) is 0 Å². The highest BCUT2D eigenvalue weighted by molar-refractivity contribution is 6.31. The molecule has 0 aliphatic rings. The molecule has 0 aliphatic heterocycles. The Morgan fingerprint density at radius 3 is 2.69 bits per heavy atom. The SMILES string of the molecule is C=C(NC(CCCc1ccccc1)c1[nH]nc2ccc(Cl)cc12)C(C)C.